The lowest BCUT2D eigenvalue weighted by Crippen LogP contribution is -2.27. The van der Waals surface area contributed by atoms with Crippen LogP contribution in [-0.4, -0.2) is 29.9 Å². The number of rotatable bonds is 7. The van der Waals surface area contributed by atoms with E-state index in [4.69, 9.17) is 9.47 Å². The molecule has 2 rings (SSSR count). The van der Waals surface area contributed by atoms with Gasteiger partial charge in [-0.25, -0.2) is 0 Å². The number of methoxy groups -OCH3 is 2. The van der Waals surface area contributed by atoms with Gasteiger partial charge in [-0.1, -0.05) is 6.07 Å². The molecule has 0 radical (unpaired) electrons. The van der Waals surface area contributed by atoms with E-state index in [9.17, 15) is 4.79 Å². The van der Waals surface area contributed by atoms with Crippen molar-refractivity contribution >= 4 is 5.91 Å². The molecule has 0 bridgehead atoms. The van der Waals surface area contributed by atoms with E-state index in [1.165, 1.54) is 0 Å². The summed E-state index contributed by atoms with van der Waals surface area (Å²) in [5.41, 5.74) is 3.13. The number of nitrogens with zero attached hydrogens (tertiary/aromatic N) is 2. The van der Waals surface area contributed by atoms with Crippen LogP contribution in [0.15, 0.2) is 24.4 Å². The molecule has 24 heavy (non-hydrogen) atoms. The van der Waals surface area contributed by atoms with Crippen LogP contribution in [0.1, 0.15) is 36.2 Å². The van der Waals surface area contributed by atoms with Gasteiger partial charge in [0.1, 0.15) is 0 Å². The van der Waals surface area contributed by atoms with Crippen LogP contribution in [0.3, 0.4) is 0 Å². The topological polar surface area (TPSA) is 65.4 Å². The maximum Gasteiger partial charge on any atom is 0.220 e. The molecule has 1 amide bonds. The van der Waals surface area contributed by atoms with Crippen molar-refractivity contribution in [3.8, 4) is 11.5 Å². The summed E-state index contributed by atoms with van der Waals surface area (Å²) in [6, 6.07) is 5.65. The molecular formula is C18H25N3O3. The molecule has 1 atom stereocenters. The fourth-order valence-corrected chi connectivity index (χ4v) is 2.63. The normalized spacial score (nSPS) is 11.9. The van der Waals surface area contributed by atoms with Crippen molar-refractivity contribution in [2.45, 2.75) is 32.7 Å². The minimum Gasteiger partial charge on any atom is -0.493 e. The summed E-state index contributed by atoms with van der Waals surface area (Å²) in [7, 11) is 5.10. The fraction of sp³-hybridized carbons (Fsp3) is 0.444. The van der Waals surface area contributed by atoms with Gasteiger partial charge in [-0.3, -0.25) is 9.48 Å². The minimum atomic E-state index is -0.0587. The second-order valence-corrected chi connectivity index (χ2v) is 5.79. The predicted octanol–water partition coefficient (Wildman–Crippen LogP) is 2.56. The highest BCUT2D eigenvalue weighted by molar-refractivity contribution is 5.76. The van der Waals surface area contributed by atoms with E-state index in [1.54, 1.807) is 20.4 Å². The lowest BCUT2D eigenvalue weighted by Gasteiger charge is -2.14. The highest BCUT2D eigenvalue weighted by atomic mass is 16.5. The highest BCUT2D eigenvalue weighted by Crippen LogP contribution is 2.28. The predicted molar refractivity (Wildman–Crippen MR) is 92.4 cm³/mol. The number of ether oxygens (including phenoxy) is 2. The van der Waals surface area contributed by atoms with Crippen LogP contribution in [0.5, 0.6) is 11.5 Å². The molecule has 1 N–H and O–H groups in total. The van der Waals surface area contributed by atoms with E-state index in [1.807, 2.05) is 43.8 Å². The molecule has 0 fully saturated rings. The zero-order valence-electron chi connectivity index (χ0n) is 14.9. The number of nitrogens with one attached hydrogen (secondary N) is 1. The maximum absolute atomic E-state index is 12.2. The molecule has 0 aliphatic carbocycles. The Morgan fingerprint density at radius 3 is 2.58 bits per heavy atom. The van der Waals surface area contributed by atoms with Gasteiger partial charge in [-0.2, -0.15) is 5.10 Å². The fourth-order valence-electron chi connectivity index (χ4n) is 2.63. The van der Waals surface area contributed by atoms with Crippen LogP contribution in [0.4, 0.5) is 0 Å². The van der Waals surface area contributed by atoms with Gasteiger partial charge in [0.25, 0.3) is 0 Å². The van der Waals surface area contributed by atoms with Gasteiger partial charge >= 0.3 is 0 Å². The van der Waals surface area contributed by atoms with Gasteiger partial charge in [0.2, 0.25) is 5.91 Å². The van der Waals surface area contributed by atoms with Crippen molar-refractivity contribution in [1.82, 2.24) is 15.1 Å². The maximum atomic E-state index is 12.2. The summed E-state index contributed by atoms with van der Waals surface area (Å²) in [4.78, 5) is 12.2. The second-order valence-electron chi connectivity index (χ2n) is 5.79. The molecule has 0 aliphatic rings. The molecule has 6 nitrogen and oxygen atoms in total. The van der Waals surface area contributed by atoms with Crippen LogP contribution in [0, 0.1) is 6.92 Å². The molecule has 0 aliphatic heterocycles. The number of carbonyl (C=O) groups excluding carboxylic acids is 1. The molecule has 130 valence electrons. The van der Waals surface area contributed by atoms with Gasteiger partial charge in [-0.05, 0) is 38.0 Å². The second kappa shape index (κ2) is 7.86. The van der Waals surface area contributed by atoms with E-state index >= 15 is 0 Å². The Morgan fingerprint density at radius 1 is 1.29 bits per heavy atom. The first-order valence-corrected chi connectivity index (χ1v) is 7.95. The molecule has 0 spiro atoms. The van der Waals surface area contributed by atoms with Crippen LogP contribution < -0.4 is 14.8 Å². The Labute approximate surface area is 142 Å². The Morgan fingerprint density at radius 2 is 2.00 bits per heavy atom. The number of carbonyl (C=O) groups is 1. The zero-order valence-corrected chi connectivity index (χ0v) is 14.9. The molecule has 1 unspecified atom stereocenters. The number of benzene rings is 1. The van der Waals surface area contributed by atoms with Crippen molar-refractivity contribution in [2.75, 3.05) is 14.2 Å². The molecule has 0 saturated heterocycles. The summed E-state index contributed by atoms with van der Waals surface area (Å²) in [6.07, 6.45) is 2.86. The van der Waals surface area contributed by atoms with Crippen LogP contribution in [0.2, 0.25) is 0 Å². The molecular weight excluding hydrogens is 306 g/mol. The van der Waals surface area contributed by atoms with Gasteiger partial charge in [-0.15, -0.1) is 0 Å². The van der Waals surface area contributed by atoms with Crippen LogP contribution in [0.25, 0.3) is 0 Å². The third-order valence-corrected chi connectivity index (χ3v) is 4.21. The third-order valence-electron chi connectivity index (χ3n) is 4.21. The Kier molecular flexibility index (Phi) is 5.84. The average molecular weight is 331 g/mol. The highest BCUT2D eigenvalue weighted by Gasteiger charge is 2.14. The standard InChI is InChI=1S/C18H25N3O3/c1-12(15-11-19-21(3)13(15)2)20-18(22)9-7-14-6-8-16(23-4)17(10-14)24-5/h6,8,10-12H,7,9H2,1-5H3,(H,20,22). The summed E-state index contributed by atoms with van der Waals surface area (Å²) in [6.45, 7) is 3.97. The monoisotopic (exact) mass is 331 g/mol. The number of amides is 1. The number of aromatic nitrogens is 2. The molecule has 1 aromatic carbocycles. The van der Waals surface area contributed by atoms with Gasteiger partial charge in [0.05, 0.1) is 26.5 Å². The first kappa shape index (κ1) is 17.8. The lowest BCUT2D eigenvalue weighted by molar-refractivity contribution is -0.121. The third kappa shape index (κ3) is 4.07. The molecule has 0 saturated carbocycles. The Hall–Kier alpha value is -2.50. The Bertz CT molecular complexity index is 710. The molecule has 6 heteroatoms. The smallest absolute Gasteiger partial charge is 0.220 e. The van der Waals surface area contributed by atoms with Crippen molar-refractivity contribution in [3.63, 3.8) is 0 Å². The molecule has 2 aromatic rings. The quantitative estimate of drug-likeness (QED) is 0.847. The van der Waals surface area contributed by atoms with Crippen LogP contribution >= 0.6 is 0 Å². The van der Waals surface area contributed by atoms with Gasteiger partial charge in [0.15, 0.2) is 11.5 Å². The van der Waals surface area contributed by atoms with E-state index in [0.29, 0.717) is 24.3 Å². The van der Waals surface area contributed by atoms with Crippen molar-refractivity contribution < 1.29 is 14.3 Å². The zero-order chi connectivity index (χ0) is 17.7. The van der Waals surface area contributed by atoms with Crippen molar-refractivity contribution in [3.05, 3.63) is 41.2 Å². The number of hydrogen-bond donors (Lipinski definition) is 1. The van der Waals surface area contributed by atoms with Gasteiger partial charge < -0.3 is 14.8 Å². The minimum absolute atomic E-state index is 0.0144. The number of aryl methyl sites for hydroxylation is 2. The molecule has 1 heterocycles. The van der Waals surface area contributed by atoms with E-state index in [-0.39, 0.29) is 11.9 Å². The van der Waals surface area contributed by atoms with Crippen molar-refractivity contribution in [1.29, 1.82) is 0 Å². The Balaban J connectivity index is 1.92. The van der Waals surface area contributed by atoms with Crippen molar-refractivity contribution in [2.24, 2.45) is 7.05 Å². The average Bonchev–Trinajstić information content (AvgIpc) is 2.92. The summed E-state index contributed by atoms with van der Waals surface area (Å²) in [5, 5.41) is 7.24. The van der Waals surface area contributed by atoms with E-state index < -0.39 is 0 Å². The summed E-state index contributed by atoms with van der Waals surface area (Å²) in [5.74, 6) is 1.38. The van der Waals surface area contributed by atoms with E-state index in [2.05, 4.69) is 10.4 Å². The summed E-state index contributed by atoms with van der Waals surface area (Å²) < 4.78 is 12.3. The first-order chi connectivity index (χ1) is 11.5. The largest absolute Gasteiger partial charge is 0.493 e. The summed E-state index contributed by atoms with van der Waals surface area (Å²) >= 11 is 0. The SMILES string of the molecule is COc1ccc(CCC(=O)NC(C)c2cnn(C)c2C)cc1OC. The van der Waals surface area contributed by atoms with Gasteiger partial charge in [0, 0.05) is 24.7 Å². The lowest BCUT2D eigenvalue weighted by atomic mass is 10.1. The molecule has 1 aromatic heterocycles. The van der Waals surface area contributed by atoms with E-state index in [0.717, 1.165) is 16.8 Å². The first-order valence-electron chi connectivity index (χ1n) is 7.95. The van der Waals surface area contributed by atoms with Crippen LogP contribution in [-0.2, 0) is 18.3 Å². The number of hydrogen-bond acceptors (Lipinski definition) is 4.